The van der Waals surface area contributed by atoms with Crippen LogP contribution in [-0.4, -0.2) is 50.5 Å². The molecule has 0 radical (unpaired) electrons. The number of sulfonamides is 1. The predicted octanol–water partition coefficient (Wildman–Crippen LogP) is 5.58. The Morgan fingerprint density at radius 2 is 1.59 bits per heavy atom. The molecule has 3 aromatic carbocycles. The van der Waals surface area contributed by atoms with Gasteiger partial charge in [0.15, 0.2) is 0 Å². The van der Waals surface area contributed by atoms with E-state index in [4.69, 9.17) is 34.8 Å². The molecule has 3 aromatic rings. The van der Waals surface area contributed by atoms with Crippen LogP contribution >= 0.6 is 34.8 Å². The van der Waals surface area contributed by atoms with Gasteiger partial charge in [0.1, 0.15) is 12.6 Å². The zero-order chi connectivity index (χ0) is 28.6. The van der Waals surface area contributed by atoms with E-state index >= 15 is 0 Å². The van der Waals surface area contributed by atoms with E-state index in [-0.39, 0.29) is 34.6 Å². The van der Waals surface area contributed by atoms with Gasteiger partial charge in [0.25, 0.3) is 0 Å². The van der Waals surface area contributed by atoms with Crippen molar-refractivity contribution in [2.45, 2.75) is 32.4 Å². The van der Waals surface area contributed by atoms with Gasteiger partial charge in [-0.25, -0.2) is 8.42 Å². The van der Waals surface area contributed by atoms with Gasteiger partial charge in [0.2, 0.25) is 21.8 Å². The van der Waals surface area contributed by atoms with Crippen molar-refractivity contribution in [1.82, 2.24) is 10.2 Å². The maximum absolute atomic E-state index is 14.0. The van der Waals surface area contributed by atoms with Crippen LogP contribution in [0.5, 0.6) is 0 Å². The number of halogens is 3. The SMILES string of the molecule is CCCNC(=O)C(Cc1ccccc1)N(Cc1cccc(Cl)c1)C(=O)CN(c1ccc(Cl)c(Cl)c1)S(C)(=O)=O. The molecule has 0 heterocycles. The van der Waals surface area contributed by atoms with Crippen LogP contribution in [-0.2, 0) is 32.6 Å². The molecule has 1 atom stereocenters. The van der Waals surface area contributed by atoms with Crippen molar-refractivity contribution < 1.29 is 18.0 Å². The van der Waals surface area contributed by atoms with Gasteiger partial charge in [-0.3, -0.25) is 13.9 Å². The van der Waals surface area contributed by atoms with Gasteiger partial charge in [0, 0.05) is 24.5 Å². The van der Waals surface area contributed by atoms with Crippen molar-refractivity contribution >= 4 is 62.3 Å². The largest absolute Gasteiger partial charge is 0.354 e. The molecule has 0 fully saturated rings. The summed E-state index contributed by atoms with van der Waals surface area (Å²) in [6, 6.07) is 19.7. The van der Waals surface area contributed by atoms with E-state index < -0.39 is 28.5 Å². The Morgan fingerprint density at radius 3 is 2.21 bits per heavy atom. The highest BCUT2D eigenvalue weighted by Gasteiger charge is 2.33. The number of carbonyl (C=O) groups excluding carboxylic acids is 2. The Morgan fingerprint density at radius 1 is 0.897 bits per heavy atom. The summed E-state index contributed by atoms with van der Waals surface area (Å²) in [7, 11) is -3.91. The summed E-state index contributed by atoms with van der Waals surface area (Å²) in [5.74, 6) is -0.907. The standard InChI is InChI=1S/C28H30Cl3N3O4S/c1-3-14-32-28(36)26(16-20-8-5-4-6-9-20)33(18-21-10-7-11-22(29)15-21)27(35)19-34(39(2,37)38)23-12-13-24(30)25(31)17-23/h4-13,15,17,26H,3,14,16,18-19H2,1-2H3,(H,32,36). The molecule has 2 amide bonds. The first-order valence-corrected chi connectivity index (χ1v) is 15.3. The minimum Gasteiger partial charge on any atom is -0.354 e. The molecule has 0 aliphatic carbocycles. The quantitative estimate of drug-likeness (QED) is 0.290. The van der Waals surface area contributed by atoms with Gasteiger partial charge in [-0.05, 0) is 47.9 Å². The lowest BCUT2D eigenvalue weighted by Crippen LogP contribution is -2.53. The number of hydrogen-bond acceptors (Lipinski definition) is 4. The number of nitrogens with one attached hydrogen (secondary N) is 1. The number of nitrogens with zero attached hydrogens (tertiary/aromatic N) is 2. The third kappa shape index (κ3) is 8.86. The van der Waals surface area contributed by atoms with Crippen molar-refractivity contribution in [1.29, 1.82) is 0 Å². The van der Waals surface area contributed by atoms with Crippen molar-refractivity contribution in [2.24, 2.45) is 0 Å². The van der Waals surface area contributed by atoms with E-state index in [1.54, 1.807) is 24.3 Å². The second-order valence-electron chi connectivity index (χ2n) is 9.02. The van der Waals surface area contributed by atoms with E-state index in [1.807, 2.05) is 37.3 Å². The molecule has 0 saturated carbocycles. The number of rotatable bonds is 12. The van der Waals surface area contributed by atoms with Crippen LogP contribution in [0.4, 0.5) is 5.69 Å². The fourth-order valence-electron chi connectivity index (χ4n) is 4.01. The maximum Gasteiger partial charge on any atom is 0.244 e. The van der Waals surface area contributed by atoms with E-state index in [9.17, 15) is 18.0 Å². The number of amides is 2. The minimum atomic E-state index is -3.91. The first kappa shape index (κ1) is 30.8. The first-order valence-electron chi connectivity index (χ1n) is 12.3. The second-order valence-corrected chi connectivity index (χ2v) is 12.2. The lowest BCUT2D eigenvalue weighted by Gasteiger charge is -2.33. The van der Waals surface area contributed by atoms with Gasteiger partial charge >= 0.3 is 0 Å². The van der Waals surface area contributed by atoms with Gasteiger partial charge < -0.3 is 10.2 Å². The van der Waals surface area contributed by atoms with Crippen LogP contribution in [0.2, 0.25) is 15.1 Å². The molecule has 0 bridgehead atoms. The monoisotopic (exact) mass is 609 g/mol. The molecule has 208 valence electrons. The highest BCUT2D eigenvalue weighted by molar-refractivity contribution is 7.92. The van der Waals surface area contributed by atoms with Crippen LogP contribution in [0, 0.1) is 0 Å². The third-order valence-corrected chi connectivity index (χ3v) is 8.05. The molecule has 0 aliphatic rings. The fraction of sp³-hybridized carbons (Fsp3) is 0.286. The van der Waals surface area contributed by atoms with E-state index in [1.165, 1.54) is 23.1 Å². The smallest absolute Gasteiger partial charge is 0.244 e. The lowest BCUT2D eigenvalue weighted by molar-refractivity contribution is -0.140. The van der Waals surface area contributed by atoms with Crippen molar-refractivity contribution in [3.63, 3.8) is 0 Å². The van der Waals surface area contributed by atoms with Crippen molar-refractivity contribution in [2.75, 3.05) is 23.7 Å². The van der Waals surface area contributed by atoms with Crippen LogP contribution in [0.1, 0.15) is 24.5 Å². The van der Waals surface area contributed by atoms with E-state index in [2.05, 4.69) is 5.32 Å². The molecule has 0 aromatic heterocycles. The van der Waals surface area contributed by atoms with Gasteiger partial charge in [0.05, 0.1) is 22.0 Å². The fourth-order valence-corrected chi connectivity index (χ4v) is 5.35. The maximum atomic E-state index is 14.0. The van der Waals surface area contributed by atoms with E-state index in [0.29, 0.717) is 23.6 Å². The number of anilines is 1. The van der Waals surface area contributed by atoms with Crippen LogP contribution in [0.25, 0.3) is 0 Å². The molecular weight excluding hydrogens is 581 g/mol. The minimum absolute atomic E-state index is 0.0371. The highest BCUT2D eigenvalue weighted by Crippen LogP contribution is 2.29. The molecule has 1 N–H and O–H groups in total. The molecule has 1 unspecified atom stereocenters. The van der Waals surface area contributed by atoms with E-state index in [0.717, 1.165) is 16.1 Å². The summed E-state index contributed by atoms with van der Waals surface area (Å²) >= 11 is 18.4. The second kappa shape index (κ2) is 14.0. The predicted molar refractivity (Wildman–Crippen MR) is 158 cm³/mol. The Kier molecular flexibility index (Phi) is 11.1. The van der Waals surface area contributed by atoms with Crippen LogP contribution < -0.4 is 9.62 Å². The Balaban J connectivity index is 2.05. The average molecular weight is 611 g/mol. The lowest BCUT2D eigenvalue weighted by atomic mass is 10.0. The summed E-state index contributed by atoms with van der Waals surface area (Å²) in [6.45, 7) is 1.85. The van der Waals surface area contributed by atoms with Crippen LogP contribution in [0.3, 0.4) is 0 Å². The zero-order valence-corrected chi connectivity index (χ0v) is 24.7. The number of hydrogen-bond donors (Lipinski definition) is 1. The van der Waals surface area contributed by atoms with Gasteiger partial charge in [-0.2, -0.15) is 0 Å². The molecule has 0 aliphatic heterocycles. The zero-order valence-electron chi connectivity index (χ0n) is 21.6. The Hall–Kier alpha value is -2.78. The topological polar surface area (TPSA) is 86.8 Å². The van der Waals surface area contributed by atoms with Crippen molar-refractivity contribution in [3.8, 4) is 0 Å². The summed E-state index contributed by atoms with van der Waals surface area (Å²) in [5.41, 5.74) is 1.72. The molecule has 39 heavy (non-hydrogen) atoms. The number of benzene rings is 3. The highest BCUT2D eigenvalue weighted by atomic mass is 35.5. The molecule has 3 rings (SSSR count). The van der Waals surface area contributed by atoms with Crippen LogP contribution in [0.15, 0.2) is 72.8 Å². The Bertz CT molecular complexity index is 1400. The normalized spacial score (nSPS) is 12.0. The molecule has 11 heteroatoms. The van der Waals surface area contributed by atoms with Crippen molar-refractivity contribution in [3.05, 3.63) is 99.0 Å². The van der Waals surface area contributed by atoms with Gasteiger partial charge in [-0.15, -0.1) is 0 Å². The summed E-state index contributed by atoms with van der Waals surface area (Å²) in [5, 5.41) is 3.76. The van der Waals surface area contributed by atoms with Gasteiger partial charge in [-0.1, -0.05) is 84.2 Å². The molecule has 0 saturated heterocycles. The molecular formula is C28H30Cl3N3O4S. The third-order valence-electron chi connectivity index (χ3n) is 5.93. The summed E-state index contributed by atoms with van der Waals surface area (Å²) in [6.07, 6.45) is 1.94. The summed E-state index contributed by atoms with van der Waals surface area (Å²) in [4.78, 5) is 28.8. The summed E-state index contributed by atoms with van der Waals surface area (Å²) < 4.78 is 26.6. The molecule has 7 nitrogen and oxygen atoms in total. The first-order chi connectivity index (χ1) is 18.5. The molecule has 0 spiro atoms. The Labute approximate surface area is 244 Å². The average Bonchev–Trinajstić information content (AvgIpc) is 2.89. The number of carbonyl (C=O) groups is 2.